The van der Waals surface area contributed by atoms with Gasteiger partial charge in [-0.3, -0.25) is 4.79 Å². The summed E-state index contributed by atoms with van der Waals surface area (Å²) in [4.78, 5) is 13.1. The topological polar surface area (TPSA) is 86.3 Å². The van der Waals surface area contributed by atoms with Gasteiger partial charge in [0.25, 0.3) is 0 Å². The van der Waals surface area contributed by atoms with Gasteiger partial charge in [-0.2, -0.15) is 0 Å². The van der Waals surface area contributed by atoms with Gasteiger partial charge in [0.05, 0.1) is 33.0 Å². The highest BCUT2D eigenvalue weighted by Crippen LogP contribution is 2.63. The minimum atomic E-state index is -0.486. The summed E-state index contributed by atoms with van der Waals surface area (Å²) in [6, 6.07) is 15.6. The van der Waals surface area contributed by atoms with Crippen molar-refractivity contribution in [2.75, 3.05) is 20.8 Å². The Morgan fingerprint density at radius 2 is 1.63 bits per heavy atom. The molecule has 7 unspecified atom stereocenters. The lowest BCUT2D eigenvalue weighted by Gasteiger charge is -2.63. The lowest BCUT2D eigenvalue weighted by Crippen LogP contribution is -2.62. The fraction of sp³-hybridized carbons (Fsp3) is 0.581. The number of rotatable bonds is 7. The lowest BCUT2D eigenvalue weighted by atomic mass is 9.46. The second-order valence-electron chi connectivity index (χ2n) is 11.7. The molecular formula is C31H41NO6. The van der Waals surface area contributed by atoms with Gasteiger partial charge < -0.3 is 29.4 Å². The zero-order valence-corrected chi connectivity index (χ0v) is 22.9. The van der Waals surface area contributed by atoms with Gasteiger partial charge in [-0.05, 0) is 72.8 Å². The number of carbonyl (C=O) groups is 1. The van der Waals surface area contributed by atoms with Crippen LogP contribution < -0.4 is 14.8 Å². The normalized spacial score (nSPS) is 34.5. The number of hydrogen-bond donors (Lipinski definition) is 2. The van der Waals surface area contributed by atoms with E-state index in [1.165, 1.54) is 0 Å². The summed E-state index contributed by atoms with van der Waals surface area (Å²) in [6.45, 7) is 5.61. The molecule has 7 nitrogen and oxygen atoms in total. The molecule has 1 saturated heterocycles. The molecule has 3 aliphatic rings. The molecule has 0 spiro atoms. The summed E-state index contributed by atoms with van der Waals surface area (Å²) in [7, 11) is 3.30. The third-order valence-electron chi connectivity index (χ3n) is 9.61. The standard InChI is InChI=1S/C31H41NO6/c1-30-16-15-27-31(2,19-37-29(38-27)21-7-11-23(36-4)12-8-21)26(30)14-13-25(33)24(30)17-28(34)32-18-20-5-9-22(35-3)10-6-20/h5-12,24-27,29,33H,13-19H2,1-4H3,(H,32,34). The van der Waals surface area contributed by atoms with Crippen LogP contribution in [0.25, 0.3) is 0 Å². The number of ether oxygens (including phenoxy) is 4. The first-order chi connectivity index (χ1) is 18.3. The van der Waals surface area contributed by atoms with E-state index in [9.17, 15) is 9.90 Å². The van der Waals surface area contributed by atoms with Gasteiger partial charge in [0.15, 0.2) is 6.29 Å². The van der Waals surface area contributed by atoms with Crippen molar-refractivity contribution in [3.8, 4) is 11.5 Å². The van der Waals surface area contributed by atoms with E-state index in [2.05, 4.69) is 19.2 Å². The molecule has 3 fully saturated rings. The molecule has 38 heavy (non-hydrogen) atoms. The van der Waals surface area contributed by atoms with Gasteiger partial charge in [0, 0.05) is 23.9 Å². The minimum absolute atomic E-state index is 0.0188. The Balaban J connectivity index is 1.25. The molecule has 0 bridgehead atoms. The molecule has 7 atom stereocenters. The first-order valence-electron chi connectivity index (χ1n) is 13.8. The summed E-state index contributed by atoms with van der Waals surface area (Å²) in [5.74, 6) is 1.78. The number of aliphatic hydroxyl groups excluding tert-OH is 1. The summed E-state index contributed by atoms with van der Waals surface area (Å²) in [5, 5.41) is 14.2. The van der Waals surface area contributed by atoms with Crippen LogP contribution in [0.2, 0.25) is 0 Å². The van der Waals surface area contributed by atoms with Crippen LogP contribution in [0.3, 0.4) is 0 Å². The predicted molar refractivity (Wildman–Crippen MR) is 144 cm³/mol. The molecule has 5 rings (SSSR count). The quantitative estimate of drug-likeness (QED) is 0.530. The van der Waals surface area contributed by atoms with Gasteiger partial charge in [0.1, 0.15) is 11.5 Å². The molecule has 2 aromatic rings. The smallest absolute Gasteiger partial charge is 0.220 e. The van der Waals surface area contributed by atoms with Crippen molar-refractivity contribution in [3.63, 3.8) is 0 Å². The van der Waals surface area contributed by atoms with Crippen LogP contribution in [-0.4, -0.2) is 44.0 Å². The number of aliphatic hydroxyl groups is 1. The SMILES string of the molecule is COc1ccc(CNC(=O)CC2C(O)CCC3C4(C)COC(c5ccc(OC)cc5)OC4CCC23C)cc1. The fourth-order valence-electron chi connectivity index (χ4n) is 7.39. The number of carbonyl (C=O) groups excluding carboxylic acids is 1. The van der Waals surface area contributed by atoms with Gasteiger partial charge in [-0.1, -0.05) is 38.1 Å². The van der Waals surface area contributed by atoms with Crippen molar-refractivity contribution in [2.45, 2.75) is 71.0 Å². The number of benzene rings is 2. The largest absolute Gasteiger partial charge is 0.497 e. The Kier molecular flexibility index (Phi) is 7.72. The van der Waals surface area contributed by atoms with E-state index in [0.29, 0.717) is 31.9 Å². The molecule has 2 N–H and O–H groups in total. The first kappa shape index (κ1) is 27.0. The zero-order valence-electron chi connectivity index (χ0n) is 22.9. The van der Waals surface area contributed by atoms with E-state index < -0.39 is 12.4 Å². The van der Waals surface area contributed by atoms with E-state index in [-0.39, 0.29) is 28.8 Å². The Bertz CT molecular complexity index is 1100. The fourth-order valence-corrected chi connectivity index (χ4v) is 7.39. The van der Waals surface area contributed by atoms with E-state index in [1.807, 2.05) is 48.5 Å². The van der Waals surface area contributed by atoms with Gasteiger partial charge in [0.2, 0.25) is 5.91 Å². The average Bonchev–Trinajstić information content (AvgIpc) is 2.93. The van der Waals surface area contributed by atoms with Crippen molar-refractivity contribution in [3.05, 3.63) is 59.7 Å². The number of nitrogens with one attached hydrogen (secondary N) is 1. The van der Waals surface area contributed by atoms with E-state index in [4.69, 9.17) is 18.9 Å². The molecule has 0 radical (unpaired) electrons. The van der Waals surface area contributed by atoms with E-state index in [1.54, 1.807) is 14.2 Å². The minimum Gasteiger partial charge on any atom is -0.497 e. The third kappa shape index (κ3) is 5.04. The van der Waals surface area contributed by atoms with Gasteiger partial charge in [-0.25, -0.2) is 0 Å². The number of amides is 1. The number of fused-ring (bicyclic) bond motifs is 3. The third-order valence-corrected chi connectivity index (χ3v) is 9.61. The summed E-state index contributed by atoms with van der Waals surface area (Å²) in [6.07, 6.45) is 2.92. The van der Waals surface area contributed by atoms with Crippen LogP contribution in [0.15, 0.2) is 48.5 Å². The molecule has 2 aliphatic carbocycles. The summed E-state index contributed by atoms with van der Waals surface area (Å²) in [5.41, 5.74) is 1.67. The van der Waals surface area contributed by atoms with Crippen molar-refractivity contribution >= 4 is 5.91 Å². The molecule has 1 aliphatic heterocycles. The summed E-state index contributed by atoms with van der Waals surface area (Å²) < 4.78 is 23.4. The number of methoxy groups -OCH3 is 2. The average molecular weight is 524 g/mol. The van der Waals surface area contributed by atoms with Crippen molar-refractivity contribution in [1.82, 2.24) is 5.32 Å². The predicted octanol–water partition coefficient (Wildman–Crippen LogP) is 5.02. The van der Waals surface area contributed by atoms with Crippen LogP contribution >= 0.6 is 0 Å². The molecule has 2 aromatic carbocycles. The molecule has 2 saturated carbocycles. The van der Waals surface area contributed by atoms with Crippen LogP contribution in [0, 0.1) is 22.7 Å². The maximum Gasteiger partial charge on any atom is 0.220 e. The molecule has 7 heteroatoms. The second kappa shape index (κ2) is 10.9. The Morgan fingerprint density at radius 3 is 2.29 bits per heavy atom. The highest BCUT2D eigenvalue weighted by molar-refractivity contribution is 5.76. The molecule has 0 aromatic heterocycles. The van der Waals surface area contributed by atoms with E-state index >= 15 is 0 Å². The van der Waals surface area contributed by atoms with Crippen LogP contribution in [0.5, 0.6) is 11.5 Å². The summed E-state index contributed by atoms with van der Waals surface area (Å²) >= 11 is 0. The Morgan fingerprint density at radius 1 is 0.974 bits per heavy atom. The molecular weight excluding hydrogens is 482 g/mol. The van der Waals surface area contributed by atoms with Crippen molar-refractivity contribution in [1.29, 1.82) is 0 Å². The van der Waals surface area contributed by atoms with Crippen LogP contribution in [-0.2, 0) is 20.8 Å². The zero-order chi connectivity index (χ0) is 26.9. The van der Waals surface area contributed by atoms with Crippen molar-refractivity contribution in [2.24, 2.45) is 22.7 Å². The highest BCUT2D eigenvalue weighted by atomic mass is 16.7. The molecule has 1 amide bonds. The maximum absolute atomic E-state index is 13.1. The second-order valence-corrected chi connectivity index (χ2v) is 11.7. The lowest BCUT2D eigenvalue weighted by molar-refractivity contribution is -0.312. The van der Waals surface area contributed by atoms with Gasteiger partial charge >= 0.3 is 0 Å². The molecule has 206 valence electrons. The first-order valence-corrected chi connectivity index (χ1v) is 13.8. The van der Waals surface area contributed by atoms with Crippen LogP contribution in [0.1, 0.15) is 63.4 Å². The van der Waals surface area contributed by atoms with Crippen LogP contribution in [0.4, 0.5) is 0 Å². The maximum atomic E-state index is 13.1. The monoisotopic (exact) mass is 523 g/mol. The molecule has 1 heterocycles. The Hall–Kier alpha value is -2.61. The van der Waals surface area contributed by atoms with E-state index in [0.717, 1.165) is 41.9 Å². The highest BCUT2D eigenvalue weighted by Gasteiger charge is 2.61. The van der Waals surface area contributed by atoms with Crippen molar-refractivity contribution < 1.29 is 28.8 Å². The Labute approximate surface area is 225 Å². The van der Waals surface area contributed by atoms with Gasteiger partial charge in [-0.15, -0.1) is 0 Å². The number of hydrogen-bond acceptors (Lipinski definition) is 6.